The fraction of sp³-hybridized carbons (Fsp3) is 0.235. The van der Waals surface area contributed by atoms with Crippen LogP contribution in [0.4, 0.5) is 5.69 Å². The molecule has 2 aromatic carbocycles. The van der Waals surface area contributed by atoms with Crippen LogP contribution < -0.4 is 5.73 Å². The molecule has 0 aliphatic carbocycles. The summed E-state index contributed by atoms with van der Waals surface area (Å²) in [5, 5.41) is 0. The number of carbonyl (C=O) groups excluding carboxylic acids is 1. The Labute approximate surface area is 133 Å². The van der Waals surface area contributed by atoms with Gasteiger partial charge in [-0.05, 0) is 42.3 Å². The van der Waals surface area contributed by atoms with Gasteiger partial charge in [0.15, 0.2) is 0 Å². The SMILES string of the molecule is CC(C(=O)N(C)Cc1cccc(Br)c1)c1cccc(N)c1. The minimum absolute atomic E-state index is 0.0839. The zero-order valence-electron chi connectivity index (χ0n) is 12.2. The Morgan fingerprint density at radius 1 is 1.24 bits per heavy atom. The van der Waals surface area contributed by atoms with Crippen LogP contribution in [0, 0.1) is 0 Å². The Kier molecular flexibility index (Phi) is 5.02. The average Bonchev–Trinajstić information content (AvgIpc) is 2.45. The van der Waals surface area contributed by atoms with E-state index in [4.69, 9.17) is 5.73 Å². The van der Waals surface area contributed by atoms with Gasteiger partial charge in [-0.25, -0.2) is 0 Å². The third-order valence-electron chi connectivity index (χ3n) is 3.47. The largest absolute Gasteiger partial charge is 0.399 e. The van der Waals surface area contributed by atoms with E-state index < -0.39 is 0 Å². The first-order valence-electron chi connectivity index (χ1n) is 6.82. The number of hydrogen-bond donors (Lipinski definition) is 1. The Hall–Kier alpha value is -1.81. The van der Waals surface area contributed by atoms with Gasteiger partial charge in [0.2, 0.25) is 5.91 Å². The maximum atomic E-state index is 12.5. The fourth-order valence-electron chi connectivity index (χ4n) is 2.29. The minimum atomic E-state index is -0.203. The monoisotopic (exact) mass is 346 g/mol. The number of nitrogens with zero attached hydrogens (tertiary/aromatic N) is 1. The van der Waals surface area contributed by atoms with Crippen molar-refractivity contribution in [1.82, 2.24) is 4.90 Å². The van der Waals surface area contributed by atoms with Crippen molar-refractivity contribution < 1.29 is 4.79 Å². The van der Waals surface area contributed by atoms with E-state index in [1.165, 1.54) is 0 Å². The second-order valence-corrected chi connectivity index (χ2v) is 6.13. The Morgan fingerprint density at radius 3 is 2.62 bits per heavy atom. The van der Waals surface area contributed by atoms with Gasteiger partial charge in [0, 0.05) is 23.8 Å². The van der Waals surface area contributed by atoms with Gasteiger partial charge in [-0.2, -0.15) is 0 Å². The number of amides is 1. The standard InChI is InChI=1S/C17H19BrN2O/c1-12(14-6-4-8-16(19)10-14)17(21)20(2)11-13-5-3-7-15(18)9-13/h3-10,12H,11,19H2,1-2H3. The van der Waals surface area contributed by atoms with E-state index in [0.717, 1.165) is 15.6 Å². The first-order valence-corrected chi connectivity index (χ1v) is 7.61. The van der Waals surface area contributed by atoms with E-state index in [0.29, 0.717) is 12.2 Å². The molecule has 4 heteroatoms. The molecule has 0 bridgehead atoms. The van der Waals surface area contributed by atoms with Gasteiger partial charge in [0.1, 0.15) is 0 Å². The van der Waals surface area contributed by atoms with Crippen molar-refractivity contribution in [3.8, 4) is 0 Å². The molecule has 1 amide bonds. The molecular weight excluding hydrogens is 328 g/mol. The number of rotatable bonds is 4. The van der Waals surface area contributed by atoms with E-state index in [9.17, 15) is 4.79 Å². The van der Waals surface area contributed by atoms with Gasteiger partial charge in [-0.15, -0.1) is 0 Å². The van der Waals surface area contributed by atoms with Crippen LogP contribution in [0.1, 0.15) is 24.0 Å². The quantitative estimate of drug-likeness (QED) is 0.856. The number of carbonyl (C=O) groups is 1. The summed E-state index contributed by atoms with van der Waals surface area (Å²) in [5.41, 5.74) is 8.51. The predicted octanol–water partition coefficient (Wildman–Crippen LogP) is 3.79. The van der Waals surface area contributed by atoms with Crippen molar-refractivity contribution in [1.29, 1.82) is 0 Å². The fourth-order valence-corrected chi connectivity index (χ4v) is 2.74. The second kappa shape index (κ2) is 6.76. The number of hydrogen-bond acceptors (Lipinski definition) is 2. The molecule has 0 heterocycles. The summed E-state index contributed by atoms with van der Waals surface area (Å²) in [5.74, 6) is -0.119. The molecule has 110 valence electrons. The molecule has 0 saturated carbocycles. The van der Waals surface area contributed by atoms with Gasteiger partial charge in [0.05, 0.1) is 5.92 Å². The Balaban J connectivity index is 2.08. The average molecular weight is 347 g/mol. The third-order valence-corrected chi connectivity index (χ3v) is 3.96. The van der Waals surface area contributed by atoms with Crippen molar-refractivity contribution in [2.75, 3.05) is 12.8 Å². The zero-order chi connectivity index (χ0) is 15.4. The van der Waals surface area contributed by atoms with Crippen LogP contribution in [0.25, 0.3) is 0 Å². The van der Waals surface area contributed by atoms with Crippen LogP contribution >= 0.6 is 15.9 Å². The highest BCUT2D eigenvalue weighted by Gasteiger charge is 2.19. The van der Waals surface area contributed by atoms with Gasteiger partial charge >= 0.3 is 0 Å². The molecule has 1 atom stereocenters. The molecule has 2 N–H and O–H groups in total. The molecule has 3 nitrogen and oxygen atoms in total. The molecule has 0 aromatic heterocycles. The van der Waals surface area contributed by atoms with E-state index in [1.54, 1.807) is 4.90 Å². The number of nitrogen functional groups attached to an aromatic ring is 1. The second-order valence-electron chi connectivity index (χ2n) is 5.22. The summed E-state index contributed by atoms with van der Waals surface area (Å²) < 4.78 is 1.02. The van der Waals surface area contributed by atoms with E-state index in [2.05, 4.69) is 15.9 Å². The molecule has 1 unspecified atom stereocenters. The topological polar surface area (TPSA) is 46.3 Å². The molecule has 2 rings (SSSR count). The number of nitrogens with two attached hydrogens (primary N) is 1. The van der Waals surface area contributed by atoms with Crippen LogP contribution in [0.15, 0.2) is 53.0 Å². The first-order chi connectivity index (χ1) is 9.97. The maximum absolute atomic E-state index is 12.5. The van der Waals surface area contributed by atoms with Gasteiger partial charge in [0.25, 0.3) is 0 Å². The zero-order valence-corrected chi connectivity index (χ0v) is 13.8. The van der Waals surface area contributed by atoms with Gasteiger partial charge in [-0.1, -0.05) is 40.2 Å². The molecule has 21 heavy (non-hydrogen) atoms. The van der Waals surface area contributed by atoms with E-state index in [1.807, 2.05) is 62.5 Å². The highest BCUT2D eigenvalue weighted by Crippen LogP contribution is 2.21. The van der Waals surface area contributed by atoms with Crippen molar-refractivity contribution in [2.45, 2.75) is 19.4 Å². The van der Waals surface area contributed by atoms with Crippen LogP contribution in [0.3, 0.4) is 0 Å². The molecular formula is C17H19BrN2O. The lowest BCUT2D eigenvalue weighted by molar-refractivity contribution is -0.131. The maximum Gasteiger partial charge on any atom is 0.229 e. The Bertz CT molecular complexity index is 642. The Morgan fingerprint density at radius 2 is 1.95 bits per heavy atom. The van der Waals surface area contributed by atoms with Crippen LogP contribution in [0.5, 0.6) is 0 Å². The lowest BCUT2D eigenvalue weighted by atomic mass is 9.99. The summed E-state index contributed by atoms with van der Waals surface area (Å²) in [6, 6.07) is 15.5. The number of halogens is 1. The van der Waals surface area contributed by atoms with Crippen molar-refractivity contribution in [3.63, 3.8) is 0 Å². The molecule has 0 fully saturated rings. The smallest absolute Gasteiger partial charge is 0.229 e. The lowest BCUT2D eigenvalue weighted by Gasteiger charge is -2.22. The molecule has 2 aromatic rings. The number of anilines is 1. The summed E-state index contributed by atoms with van der Waals surface area (Å²) in [4.78, 5) is 14.3. The number of benzene rings is 2. The summed E-state index contributed by atoms with van der Waals surface area (Å²) >= 11 is 3.45. The molecule has 0 aliphatic rings. The molecule has 0 saturated heterocycles. The highest BCUT2D eigenvalue weighted by atomic mass is 79.9. The number of likely N-dealkylation sites (N-methyl/N-ethyl adjacent to an activating group) is 1. The van der Waals surface area contributed by atoms with Gasteiger partial charge < -0.3 is 10.6 Å². The van der Waals surface area contributed by atoms with Crippen LogP contribution in [-0.4, -0.2) is 17.9 Å². The lowest BCUT2D eigenvalue weighted by Crippen LogP contribution is -2.30. The minimum Gasteiger partial charge on any atom is -0.399 e. The molecule has 0 spiro atoms. The summed E-state index contributed by atoms with van der Waals surface area (Å²) in [7, 11) is 1.83. The van der Waals surface area contributed by atoms with E-state index in [-0.39, 0.29) is 11.8 Å². The summed E-state index contributed by atoms with van der Waals surface area (Å²) in [6.07, 6.45) is 0. The van der Waals surface area contributed by atoms with Crippen molar-refractivity contribution in [2.24, 2.45) is 0 Å². The highest BCUT2D eigenvalue weighted by molar-refractivity contribution is 9.10. The molecule has 0 radical (unpaired) electrons. The van der Waals surface area contributed by atoms with Gasteiger partial charge in [-0.3, -0.25) is 4.79 Å². The normalized spacial score (nSPS) is 12.0. The van der Waals surface area contributed by atoms with Crippen LogP contribution in [0.2, 0.25) is 0 Å². The van der Waals surface area contributed by atoms with Crippen molar-refractivity contribution in [3.05, 3.63) is 64.1 Å². The predicted molar refractivity (Wildman–Crippen MR) is 89.9 cm³/mol. The summed E-state index contributed by atoms with van der Waals surface area (Å²) in [6.45, 7) is 2.50. The molecule has 0 aliphatic heterocycles. The first kappa shape index (κ1) is 15.6. The third kappa shape index (κ3) is 4.08. The van der Waals surface area contributed by atoms with E-state index >= 15 is 0 Å². The van der Waals surface area contributed by atoms with Crippen molar-refractivity contribution >= 4 is 27.5 Å². The van der Waals surface area contributed by atoms with Crippen LogP contribution in [-0.2, 0) is 11.3 Å².